The summed E-state index contributed by atoms with van der Waals surface area (Å²) in [7, 11) is 0. The summed E-state index contributed by atoms with van der Waals surface area (Å²) in [5, 5.41) is 15.3. The molecular formula is C14H16Cl2N2O3. The summed E-state index contributed by atoms with van der Waals surface area (Å²) in [5.74, 6) is -1.03. The monoisotopic (exact) mass is 330 g/mol. The van der Waals surface area contributed by atoms with Gasteiger partial charge in [-0.15, -0.1) is 0 Å². The highest BCUT2D eigenvalue weighted by Gasteiger charge is 2.48. The van der Waals surface area contributed by atoms with E-state index in [4.69, 9.17) is 23.2 Å². The van der Waals surface area contributed by atoms with E-state index in [9.17, 15) is 14.7 Å². The van der Waals surface area contributed by atoms with Gasteiger partial charge in [0.05, 0.1) is 10.0 Å². The Hall–Kier alpha value is -1.46. The van der Waals surface area contributed by atoms with Gasteiger partial charge in [0.15, 0.2) is 0 Å². The maximum Gasteiger partial charge on any atom is 0.329 e. The van der Waals surface area contributed by atoms with Gasteiger partial charge < -0.3 is 15.7 Å². The lowest BCUT2D eigenvalue weighted by atomic mass is 9.96. The fourth-order valence-corrected chi connectivity index (χ4v) is 2.42. The first-order valence-electron chi connectivity index (χ1n) is 6.56. The summed E-state index contributed by atoms with van der Waals surface area (Å²) in [6.45, 7) is 1.77. The molecule has 1 unspecified atom stereocenters. The summed E-state index contributed by atoms with van der Waals surface area (Å²) in [4.78, 5) is 23.2. The van der Waals surface area contributed by atoms with Crippen LogP contribution in [0.25, 0.3) is 0 Å². The van der Waals surface area contributed by atoms with Gasteiger partial charge in [-0.25, -0.2) is 9.59 Å². The van der Waals surface area contributed by atoms with Gasteiger partial charge in [0.2, 0.25) is 0 Å². The number of aliphatic carboxylic acids is 1. The zero-order valence-electron chi connectivity index (χ0n) is 11.5. The summed E-state index contributed by atoms with van der Waals surface area (Å²) >= 11 is 11.7. The van der Waals surface area contributed by atoms with E-state index in [0.29, 0.717) is 10.0 Å². The standard InChI is InChI=1S/C14H16Cl2N2O3/c1-14(12(19)20,9-3-4-9)18-13(21)17-7-8-2-5-10(15)11(16)6-8/h2,5-6,9H,3-4,7H2,1H3,(H,19,20)(H2,17,18,21). The maximum atomic E-state index is 11.9. The van der Waals surface area contributed by atoms with E-state index in [2.05, 4.69) is 10.6 Å². The van der Waals surface area contributed by atoms with Gasteiger partial charge in [-0.1, -0.05) is 29.3 Å². The minimum atomic E-state index is -1.22. The number of nitrogens with one attached hydrogen (secondary N) is 2. The van der Waals surface area contributed by atoms with Crippen LogP contribution < -0.4 is 10.6 Å². The summed E-state index contributed by atoms with van der Waals surface area (Å²) < 4.78 is 0. The Bertz CT molecular complexity index is 575. The van der Waals surface area contributed by atoms with Crippen LogP contribution in [0.1, 0.15) is 25.3 Å². The number of carbonyl (C=O) groups excluding carboxylic acids is 1. The molecule has 1 atom stereocenters. The number of amides is 2. The van der Waals surface area contributed by atoms with Crippen molar-refractivity contribution in [1.82, 2.24) is 10.6 Å². The van der Waals surface area contributed by atoms with E-state index in [1.54, 1.807) is 18.2 Å². The van der Waals surface area contributed by atoms with Crippen LogP contribution >= 0.6 is 23.2 Å². The molecule has 3 N–H and O–H groups in total. The topological polar surface area (TPSA) is 78.4 Å². The third kappa shape index (κ3) is 3.80. The molecule has 114 valence electrons. The molecule has 0 saturated heterocycles. The van der Waals surface area contributed by atoms with Crippen LogP contribution in [-0.2, 0) is 11.3 Å². The van der Waals surface area contributed by atoms with Crippen LogP contribution in [0.2, 0.25) is 10.0 Å². The van der Waals surface area contributed by atoms with Crippen molar-refractivity contribution in [2.24, 2.45) is 5.92 Å². The fourth-order valence-electron chi connectivity index (χ4n) is 2.10. The Morgan fingerprint density at radius 1 is 1.33 bits per heavy atom. The Labute approximate surface area is 132 Å². The molecule has 0 spiro atoms. The van der Waals surface area contributed by atoms with Gasteiger partial charge in [-0.2, -0.15) is 0 Å². The molecule has 2 rings (SSSR count). The van der Waals surface area contributed by atoms with E-state index >= 15 is 0 Å². The normalized spacial score (nSPS) is 16.9. The van der Waals surface area contributed by atoms with Gasteiger partial charge in [0.25, 0.3) is 0 Å². The van der Waals surface area contributed by atoms with E-state index in [1.165, 1.54) is 6.92 Å². The Morgan fingerprint density at radius 3 is 2.52 bits per heavy atom. The molecule has 1 fully saturated rings. The van der Waals surface area contributed by atoms with Crippen molar-refractivity contribution in [3.8, 4) is 0 Å². The third-order valence-corrected chi connectivity index (χ3v) is 4.39. The second-order valence-corrected chi connectivity index (χ2v) is 6.15. The van der Waals surface area contributed by atoms with Crippen molar-refractivity contribution in [3.05, 3.63) is 33.8 Å². The molecule has 1 saturated carbocycles. The highest BCUT2D eigenvalue weighted by Crippen LogP contribution is 2.39. The molecule has 7 heteroatoms. The predicted molar refractivity (Wildman–Crippen MR) is 80.6 cm³/mol. The largest absolute Gasteiger partial charge is 0.480 e. The van der Waals surface area contributed by atoms with Crippen LogP contribution in [-0.4, -0.2) is 22.6 Å². The maximum absolute atomic E-state index is 11.9. The lowest BCUT2D eigenvalue weighted by molar-refractivity contribution is -0.144. The van der Waals surface area contributed by atoms with Crippen molar-refractivity contribution in [2.75, 3.05) is 0 Å². The second-order valence-electron chi connectivity index (χ2n) is 5.34. The number of hydrogen-bond acceptors (Lipinski definition) is 2. The van der Waals surface area contributed by atoms with Crippen LogP contribution in [0.15, 0.2) is 18.2 Å². The van der Waals surface area contributed by atoms with Crippen molar-refractivity contribution in [1.29, 1.82) is 0 Å². The number of carboxylic acids is 1. The van der Waals surface area contributed by atoms with Crippen LogP contribution in [0, 0.1) is 5.92 Å². The minimum Gasteiger partial charge on any atom is -0.480 e. The van der Waals surface area contributed by atoms with Crippen LogP contribution in [0.4, 0.5) is 4.79 Å². The Morgan fingerprint density at radius 2 is 2.00 bits per heavy atom. The molecule has 0 bridgehead atoms. The van der Waals surface area contributed by atoms with E-state index in [0.717, 1.165) is 18.4 Å². The lowest BCUT2D eigenvalue weighted by Crippen LogP contribution is -2.56. The van der Waals surface area contributed by atoms with E-state index in [-0.39, 0.29) is 12.5 Å². The highest BCUT2D eigenvalue weighted by atomic mass is 35.5. The fraction of sp³-hybridized carbons (Fsp3) is 0.429. The highest BCUT2D eigenvalue weighted by molar-refractivity contribution is 6.42. The zero-order chi connectivity index (χ0) is 15.6. The van der Waals surface area contributed by atoms with E-state index in [1.807, 2.05) is 0 Å². The quantitative estimate of drug-likeness (QED) is 0.776. The summed E-state index contributed by atoms with van der Waals surface area (Å²) in [6.07, 6.45) is 1.63. The third-order valence-electron chi connectivity index (χ3n) is 3.65. The molecule has 1 aliphatic rings. The number of carbonyl (C=O) groups is 2. The first kappa shape index (κ1) is 15.9. The van der Waals surface area contributed by atoms with Crippen molar-refractivity contribution < 1.29 is 14.7 Å². The van der Waals surface area contributed by atoms with Gasteiger partial charge >= 0.3 is 12.0 Å². The summed E-state index contributed by atoms with van der Waals surface area (Å²) in [5.41, 5.74) is -0.440. The zero-order valence-corrected chi connectivity index (χ0v) is 13.0. The molecule has 0 aromatic heterocycles. The number of hydrogen-bond donors (Lipinski definition) is 3. The molecule has 0 heterocycles. The molecule has 0 radical (unpaired) electrons. The second kappa shape index (κ2) is 6.12. The molecular weight excluding hydrogens is 315 g/mol. The molecule has 21 heavy (non-hydrogen) atoms. The average molecular weight is 331 g/mol. The number of benzene rings is 1. The molecule has 1 aliphatic carbocycles. The molecule has 5 nitrogen and oxygen atoms in total. The van der Waals surface area contributed by atoms with Gasteiger partial charge in [-0.3, -0.25) is 0 Å². The summed E-state index contributed by atoms with van der Waals surface area (Å²) in [6, 6.07) is 4.52. The molecule has 2 amide bonds. The van der Waals surface area contributed by atoms with Crippen LogP contribution in [0.3, 0.4) is 0 Å². The number of halogens is 2. The van der Waals surface area contributed by atoms with Crippen LogP contribution in [0.5, 0.6) is 0 Å². The number of rotatable bonds is 5. The average Bonchev–Trinajstić information content (AvgIpc) is 3.24. The molecule has 1 aromatic rings. The smallest absolute Gasteiger partial charge is 0.329 e. The van der Waals surface area contributed by atoms with Crippen molar-refractivity contribution in [2.45, 2.75) is 31.8 Å². The molecule has 1 aromatic carbocycles. The SMILES string of the molecule is CC(NC(=O)NCc1ccc(Cl)c(Cl)c1)(C(=O)O)C1CC1. The first-order valence-corrected chi connectivity index (χ1v) is 7.32. The Kier molecular flexibility index (Phi) is 4.64. The number of carboxylic acid groups (broad SMARTS) is 1. The van der Waals surface area contributed by atoms with Gasteiger partial charge in [0.1, 0.15) is 5.54 Å². The van der Waals surface area contributed by atoms with Crippen molar-refractivity contribution >= 4 is 35.2 Å². The molecule has 0 aliphatic heterocycles. The first-order chi connectivity index (χ1) is 9.83. The van der Waals surface area contributed by atoms with Gasteiger partial charge in [0, 0.05) is 6.54 Å². The predicted octanol–water partition coefficient (Wildman–Crippen LogP) is 3.05. The van der Waals surface area contributed by atoms with Crippen molar-refractivity contribution in [3.63, 3.8) is 0 Å². The minimum absolute atomic E-state index is 0.00859. The lowest BCUT2D eigenvalue weighted by Gasteiger charge is -2.26. The van der Waals surface area contributed by atoms with E-state index < -0.39 is 17.5 Å². The van der Waals surface area contributed by atoms with Gasteiger partial charge in [-0.05, 0) is 43.4 Å². The Balaban J connectivity index is 1.92. The number of urea groups is 1.